The Bertz CT molecular complexity index is 539. The summed E-state index contributed by atoms with van der Waals surface area (Å²) in [4.78, 5) is 14.8. The van der Waals surface area contributed by atoms with Crippen LogP contribution in [0.4, 0.5) is 5.69 Å². The molecule has 0 spiro atoms. The molecule has 1 amide bonds. The zero-order valence-corrected chi connectivity index (χ0v) is 13.2. The first-order valence-corrected chi connectivity index (χ1v) is 7.42. The van der Waals surface area contributed by atoms with E-state index in [9.17, 15) is 4.79 Å². The van der Waals surface area contributed by atoms with Gasteiger partial charge in [0.15, 0.2) is 0 Å². The van der Waals surface area contributed by atoms with Gasteiger partial charge in [-0.05, 0) is 30.4 Å². The highest BCUT2D eigenvalue weighted by Crippen LogP contribution is 2.43. The normalized spacial score (nSPS) is 20.6. The molecular weight excluding hydrogens is 268 g/mol. The maximum Gasteiger partial charge on any atom is 0.230 e. The van der Waals surface area contributed by atoms with Crippen LogP contribution in [0.25, 0.3) is 0 Å². The quantitative estimate of drug-likeness (QED) is 0.870. The molecule has 1 unspecified atom stereocenters. The minimum atomic E-state index is 0.0729. The first-order valence-electron chi connectivity index (χ1n) is 7.01. The molecule has 3 nitrogen and oxygen atoms in total. The van der Waals surface area contributed by atoms with Gasteiger partial charge in [-0.2, -0.15) is 0 Å². The molecule has 0 aromatic heterocycles. The lowest BCUT2D eigenvalue weighted by molar-refractivity contribution is -0.124. The molecule has 1 atom stereocenters. The Morgan fingerprint density at radius 1 is 1.40 bits per heavy atom. The smallest absolute Gasteiger partial charge is 0.230 e. The van der Waals surface area contributed by atoms with Gasteiger partial charge in [0, 0.05) is 18.5 Å². The van der Waals surface area contributed by atoms with Gasteiger partial charge in [0.1, 0.15) is 4.99 Å². The van der Waals surface area contributed by atoms with E-state index in [4.69, 9.17) is 18.0 Å². The number of nitrogens with two attached hydrogens (primary N) is 1. The zero-order chi connectivity index (χ0) is 14.9. The van der Waals surface area contributed by atoms with Gasteiger partial charge in [0.2, 0.25) is 5.91 Å². The molecule has 1 aliphatic rings. The summed E-state index contributed by atoms with van der Waals surface area (Å²) in [5.41, 5.74) is 7.38. The van der Waals surface area contributed by atoms with Crippen LogP contribution < -0.4 is 10.6 Å². The average Bonchev–Trinajstić information content (AvgIpc) is 2.76. The third kappa shape index (κ3) is 2.70. The number of carbonyl (C=O) groups excluding carboxylic acids is 1. The van der Waals surface area contributed by atoms with Crippen molar-refractivity contribution in [2.24, 2.45) is 17.1 Å². The Hall–Kier alpha value is -1.42. The lowest BCUT2D eigenvalue weighted by Crippen LogP contribution is -2.38. The van der Waals surface area contributed by atoms with Crippen LogP contribution in [0.2, 0.25) is 0 Å². The first-order chi connectivity index (χ1) is 9.34. The Kier molecular flexibility index (Phi) is 4.14. The SMILES string of the molecule is CN(C(=O)C1CCCC1(C)C)c1ccccc1C(N)=S. The van der Waals surface area contributed by atoms with E-state index in [-0.39, 0.29) is 17.2 Å². The lowest BCUT2D eigenvalue weighted by atomic mass is 9.81. The summed E-state index contributed by atoms with van der Waals surface area (Å²) in [6, 6.07) is 7.55. The fraction of sp³-hybridized carbons (Fsp3) is 0.500. The van der Waals surface area contributed by atoms with Crippen LogP contribution in [0.1, 0.15) is 38.7 Å². The number of carbonyl (C=O) groups is 1. The third-order valence-corrected chi connectivity index (χ3v) is 4.64. The molecule has 20 heavy (non-hydrogen) atoms. The Morgan fingerprint density at radius 3 is 2.60 bits per heavy atom. The van der Waals surface area contributed by atoms with Crippen molar-refractivity contribution >= 4 is 28.8 Å². The molecule has 4 heteroatoms. The number of para-hydroxylation sites is 1. The van der Waals surface area contributed by atoms with Crippen LogP contribution >= 0.6 is 12.2 Å². The van der Waals surface area contributed by atoms with E-state index < -0.39 is 0 Å². The number of amides is 1. The van der Waals surface area contributed by atoms with Crippen LogP contribution in [0.5, 0.6) is 0 Å². The van der Waals surface area contributed by atoms with Crippen LogP contribution in [-0.2, 0) is 4.79 Å². The van der Waals surface area contributed by atoms with E-state index in [2.05, 4.69) is 13.8 Å². The molecule has 2 rings (SSSR count). The molecule has 1 aliphatic carbocycles. The van der Waals surface area contributed by atoms with E-state index in [0.29, 0.717) is 4.99 Å². The Balaban J connectivity index is 2.30. The largest absolute Gasteiger partial charge is 0.389 e. The van der Waals surface area contributed by atoms with Crippen LogP contribution in [0.3, 0.4) is 0 Å². The first kappa shape index (κ1) is 15.0. The molecule has 1 saturated carbocycles. The number of hydrogen-bond acceptors (Lipinski definition) is 2. The molecule has 108 valence electrons. The molecule has 1 aromatic carbocycles. The zero-order valence-electron chi connectivity index (χ0n) is 12.3. The second-order valence-electron chi connectivity index (χ2n) is 6.21. The predicted molar refractivity (Wildman–Crippen MR) is 86.9 cm³/mol. The minimum Gasteiger partial charge on any atom is -0.389 e. The molecule has 1 aromatic rings. The van der Waals surface area contributed by atoms with E-state index in [1.165, 1.54) is 0 Å². The van der Waals surface area contributed by atoms with Crippen molar-refractivity contribution < 1.29 is 4.79 Å². The number of nitrogens with zero attached hydrogens (tertiary/aromatic N) is 1. The van der Waals surface area contributed by atoms with Gasteiger partial charge in [-0.15, -0.1) is 0 Å². The van der Waals surface area contributed by atoms with Crippen LogP contribution in [0.15, 0.2) is 24.3 Å². The van der Waals surface area contributed by atoms with E-state index >= 15 is 0 Å². The predicted octanol–water partition coefficient (Wildman–Crippen LogP) is 3.11. The number of benzene rings is 1. The van der Waals surface area contributed by atoms with Gasteiger partial charge < -0.3 is 10.6 Å². The summed E-state index contributed by atoms with van der Waals surface area (Å²) >= 11 is 5.08. The molecule has 0 aliphatic heterocycles. The van der Waals surface area contributed by atoms with Crippen LogP contribution in [-0.4, -0.2) is 17.9 Å². The maximum absolute atomic E-state index is 12.8. The molecule has 0 saturated heterocycles. The van der Waals surface area contributed by atoms with Gasteiger partial charge >= 0.3 is 0 Å². The van der Waals surface area contributed by atoms with Crippen molar-refractivity contribution in [1.29, 1.82) is 0 Å². The second-order valence-corrected chi connectivity index (χ2v) is 6.65. The summed E-state index contributed by atoms with van der Waals surface area (Å²) in [6.45, 7) is 4.35. The van der Waals surface area contributed by atoms with E-state index in [1.54, 1.807) is 4.90 Å². The van der Waals surface area contributed by atoms with Gasteiger partial charge in [0.25, 0.3) is 0 Å². The van der Waals surface area contributed by atoms with Gasteiger partial charge in [0.05, 0.1) is 5.69 Å². The molecule has 1 fully saturated rings. The van der Waals surface area contributed by atoms with Crippen molar-refractivity contribution in [2.45, 2.75) is 33.1 Å². The standard InChI is InChI=1S/C16H22N2OS/c1-16(2)10-6-8-12(16)15(19)18(3)13-9-5-4-7-11(13)14(17)20/h4-5,7,9,12H,6,8,10H2,1-3H3,(H2,17,20). The fourth-order valence-electron chi connectivity index (χ4n) is 3.11. The summed E-state index contributed by atoms with van der Waals surface area (Å²) in [7, 11) is 1.81. The topological polar surface area (TPSA) is 46.3 Å². The highest BCUT2D eigenvalue weighted by atomic mass is 32.1. The Morgan fingerprint density at radius 2 is 2.05 bits per heavy atom. The molecule has 0 bridgehead atoms. The van der Waals surface area contributed by atoms with Gasteiger partial charge in [-0.25, -0.2) is 0 Å². The maximum atomic E-state index is 12.8. The molecule has 0 radical (unpaired) electrons. The highest BCUT2D eigenvalue weighted by molar-refractivity contribution is 7.80. The van der Waals surface area contributed by atoms with Gasteiger partial charge in [-0.3, -0.25) is 4.79 Å². The second kappa shape index (κ2) is 5.52. The lowest BCUT2D eigenvalue weighted by Gasteiger charge is -2.30. The molecule has 0 heterocycles. The van der Waals surface area contributed by atoms with Crippen LogP contribution in [0, 0.1) is 11.3 Å². The van der Waals surface area contributed by atoms with Crippen molar-refractivity contribution in [3.8, 4) is 0 Å². The van der Waals surface area contributed by atoms with Crippen molar-refractivity contribution in [3.63, 3.8) is 0 Å². The molecule has 2 N–H and O–H groups in total. The highest BCUT2D eigenvalue weighted by Gasteiger charge is 2.40. The van der Waals surface area contributed by atoms with E-state index in [0.717, 1.165) is 30.5 Å². The van der Waals surface area contributed by atoms with Crippen molar-refractivity contribution in [3.05, 3.63) is 29.8 Å². The average molecular weight is 290 g/mol. The van der Waals surface area contributed by atoms with Gasteiger partial charge in [-0.1, -0.05) is 44.6 Å². The summed E-state index contributed by atoms with van der Waals surface area (Å²) in [5, 5.41) is 0. The summed E-state index contributed by atoms with van der Waals surface area (Å²) in [6.07, 6.45) is 3.19. The Labute approximate surface area is 126 Å². The number of rotatable bonds is 3. The monoisotopic (exact) mass is 290 g/mol. The van der Waals surface area contributed by atoms with Crippen molar-refractivity contribution in [1.82, 2.24) is 0 Å². The number of anilines is 1. The van der Waals surface area contributed by atoms with E-state index in [1.807, 2.05) is 31.3 Å². The summed E-state index contributed by atoms with van der Waals surface area (Å²) in [5.74, 6) is 0.239. The van der Waals surface area contributed by atoms with Crippen molar-refractivity contribution in [2.75, 3.05) is 11.9 Å². The number of hydrogen-bond donors (Lipinski definition) is 1. The summed E-state index contributed by atoms with van der Waals surface area (Å²) < 4.78 is 0. The minimum absolute atomic E-state index is 0.0729. The molecular formula is C16H22N2OS. The number of thiocarbonyl (C=S) groups is 1. The third-order valence-electron chi connectivity index (χ3n) is 4.42. The fourth-order valence-corrected chi connectivity index (χ4v) is 3.28.